The molecule has 1 atom stereocenters. The average molecular weight is 218 g/mol. The molecular weight excluding hydrogens is 200 g/mol. The van der Waals surface area contributed by atoms with Crippen LogP contribution in [-0.4, -0.2) is 24.7 Å². The first-order valence-corrected chi connectivity index (χ1v) is 5.51. The lowest BCUT2D eigenvalue weighted by molar-refractivity contribution is -0.123. The van der Waals surface area contributed by atoms with Crippen LogP contribution in [0, 0.1) is 0 Å². The van der Waals surface area contributed by atoms with Crippen LogP contribution in [0.2, 0.25) is 0 Å². The van der Waals surface area contributed by atoms with E-state index in [9.17, 15) is 4.79 Å². The van der Waals surface area contributed by atoms with E-state index in [1.807, 2.05) is 25.2 Å². The zero-order valence-electron chi connectivity index (χ0n) is 9.65. The van der Waals surface area contributed by atoms with Gasteiger partial charge in [-0.15, -0.1) is 0 Å². The molecule has 0 saturated carbocycles. The highest BCUT2D eigenvalue weighted by Crippen LogP contribution is 2.07. The van der Waals surface area contributed by atoms with Crippen LogP contribution < -0.4 is 5.32 Å². The molecule has 1 rings (SSSR count). The second-order valence-electron chi connectivity index (χ2n) is 3.76. The number of hydrogen-bond donors (Lipinski definition) is 1. The lowest BCUT2D eigenvalue weighted by Crippen LogP contribution is -2.39. The van der Waals surface area contributed by atoms with Crippen LogP contribution in [0.1, 0.15) is 19.8 Å². The number of nitrogens with zero attached hydrogens (tertiary/aromatic N) is 1. The van der Waals surface area contributed by atoms with Crippen molar-refractivity contribution in [2.75, 3.05) is 6.54 Å². The highest BCUT2D eigenvalue weighted by Gasteiger charge is 2.19. The number of rotatable bonds is 4. The molecule has 1 amide bonds. The van der Waals surface area contributed by atoms with Gasteiger partial charge in [0.1, 0.15) is 6.04 Å². The lowest BCUT2D eigenvalue weighted by Gasteiger charge is -2.17. The minimum Gasteiger partial charge on any atom is -0.354 e. The number of aliphatic imine (C=N–C) groups is 1. The van der Waals surface area contributed by atoms with Gasteiger partial charge in [0.2, 0.25) is 5.91 Å². The highest BCUT2D eigenvalue weighted by atomic mass is 16.2. The normalized spacial score (nSPS) is 22.7. The summed E-state index contributed by atoms with van der Waals surface area (Å²) in [6.07, 6.45) is 11.0. The van der Waals surface area contributed by atoms with Crippen molar-refractivity contribution in [3.05, 3.63) is 36.5 Å². The van der Waals surface area contributed by atoms with Crippen molar-refractivity contribution in [3.63, 3.8) is 0 Å². The largest absolute Gasteiger partial charge is 0.354 e. The van der Waals surface area contributed by atoms with Crippen molar-refractivity contribution in [1.82, 2.24) is 5.32 Å². The molecule has 0 bridgehead atoms. The summed E-state index contributed by atoms with van der Waals surface area (Å²) in [4.78, 5) is 15.7. The average Bonchev–Trinajstić information content (AvgIpc) is 2.28. The number of allylic oxidation sites excluding steroid dienone is 5. The highest BCUT2D eigenvalue weighted by molar-refractivity contribution is 5.86. The molecule has 3 heteroatoms. The Hall–Kier alpha value is -1.64. The number of nitrogens with one attached hydrogen (secondary N) is 1. The number of hydrogen-bond acceptors (Lipinski definition) is 2. The summed E-state index contributed by atoms with van der Waals surface area (Å²) < 4.78 is 0. The maximum atomic E-state index is 11.4. The summed E-state index contributed by atoms with van der Waals surface area (Å²) in [5.41, 5.74) is 1.02. The quantitative estimate of drug-likeness (QED) is 0.569. The summed E-state index contributed by atoms with van der Waals surface area (Å²) in [6.45, 7) is 6.32. The summed E-state index contributed by atoms with van der Waals surface area (Å²) in [5.74, 6) is 0.0388. The lowest BCUT2D eigenvalue weighted by atomic mass is 10.1. The second-order valence-corrected chi connectivity index (χ2v) is 3.76. The molecule has 0 aromatic carbocycles. The predicted octanol–water partition coefficient (Wildman–Crippen LogP) is 2.02. The van der Waals surface area contributed by atoms with Gasteiger partial charge in [-0.3, -0.25) is 9.79 Å². The molecule has 0 spiro atoms. The van der Waals surface area contributed by atoms with Gasteiger partial charge in [-0.2, -0.15) is 0 Å². The molecule has 1 unspecified atom stereocenters. The van der Waals surface area contributed by atoms with E-state index in [1.54, 1.807) is 12.3 Å². The molecule has 0 aliphatic carbocycles. The Balaban J connectivity index is 2.51. The van der Waals surface area contributed by atoms with Gasteiger partial charge >= 0.3 is 0 Å². The van der Waals surface area contributed by atoms with E-state index in [2.05, 4.69) is 16.9 Å². The van der Waals surface area contributed by atoms with Gasteiger partial charge in [0.05, 0.1) is 0 Å². The van der Waals surface area contributed by atoms with E-state index in [-0.39, 0.29) is 11.9 Å². The maximum absolute atomic E-state index is 11.4. The van der Waals surface area contributed by atoms with Crippen LogP contribution in [0.4, 0.5) is 0 Å². The minimum absolute atomic E-state index is 0.0388. The van der Waals surface area contributed by atoms with Crippen molar-refractivity contribution in [2.24, 2.45) is 4.99 Å². The maximum Gasteiger partial charge on any atom is 0.244 e. The molecule has 0 aromatic heterocycles. The van der Waals surface area contributed by atoms with Crippen LogP contribution >= 0.6 is 0 Å². The molecule has 1 aliphatic heterocycles. The molecule has 86 valence electrons. The fraction of sp³-hybridized carbons (Fsp3) is 0.385. The van der Waals surface area contributed by atoms with Crippen molar-refractivity contribution < 1.29 is 4.79 Å². The third-order valence-electron chi connectivity index (χ3n) is 2.32. The summed E-state index contributed by atoms with van der Waals surface area (Å²) in [7, 11) is 0. The zero-order valence-corrected chi connectivity index (χ0v) is 9.65. The van der Waals surface area contributed by atoms with E-state index < -0.39 is 0 Å². The first kappa shape index (κ1) is 12.4. The van der Waals surface area contributed by atoms with Crippen molar-refractivity contribution in [2.45, 2.75) is 25.8 Å². The van der Waals surface area contributed by atoms with Crippen LogP contribution in [-0.2, 0) is 4.79 Å². The van der Waals surface area contributed by atoms with E-state index >= 15 is 0 Å². The Bertz CT molecular complexity index is 340. The third-order valence-corrected chi connectivity index (χ3v) is 2.32. The van der Waals surface area contributed by atoms with Crippen LogP contribution in [0.25, 0.3) is 0 Å². The van der Waals surface area contributed by atoms with Gasteiger partial charge in [-0.05, 0) is 25.3 Å². The molecule has 1 fully saturated rings. The number of carbonyl (C=O) groups is 1. The third kappa shape index (κ3) is 4.26. The SMILES string of the molecule is C=C\C=C/C=C(C)/C=N/C1CCCNC1=O. The van der Waals surface area contributed by atoms with Crippen LogP contribution in [0.15, 0.2) is 41.4 Å². The van der Waals surface area contributed by atoms with E-state index in [4.69, 9.17) is 0 Å². The molecule has 16 heavy (non-hydrogen) atoms. The molecule has 1 heterocycles. The van der Waals surface area contributed by atoms with Gasteiger partial charge in [-0.25, -0.2) is 0 Å². The Kier molecular flexibility index (Phi) is 5.26. The Morgan fingerprint density at radius 3 is 3.06 bits per heavy atom. The molecule has 1 aliphatic rings. The van der Waals surface area contributed by atoms with Crippen LogP contribution in [0.3, 0.4) is 0 Å². The van der Waals surface area contributed by atoms with Crippen molar-refractivity contribution in [3.8, 4) is 0 Å². The summed E-state index contributed by atoms with van der Waals surface area (Å²) >= 11 is 0. The van der Waals surface area contributed by atoms with E-state index in [0.29, 0.717) is 0 Å². The first-order chi connectivity index (χ1) is 7.74. The number of carbonyl (C=O) groups excluding carboxylic acids is 1. The molecule has 3 nitrogen and oxygen atoms in total. The predicted molar refractivity (Wildman–Crippen MR) is 67.6 cm³/mol. The molecule has 0 radical (unpaired) electrons. The van der Waals surface area contributed by atoms with Crippen LogP contribution in [0.5, 0.6) is 0 Å². The van der Waals surface area contributed by atoms with Gasteiger partial charge in [-0.1, -0.05) is 30.9 Å². The van der Waals surface area contributed by atoms with E-state index in [0.717, 1.165) is 25.0 Å². The monoisotopic (exact) mass is 218 g/mol. The smallest absolute Gasteiger partial charge is 0.244 e. The topological polar surface area (TPSA) is 41.5 Å². The Labute approximate surface area is 96.7 Å². The summed E-state index contributed by atoms with van der Waals surface area (Å²) in [6, 6.07) is -0.208. The first-order valence-electron chi connectivity index (χ1n) is 5.51. The Morgan fingerprint density at radius 2 is 2.38 bits per heavy atom. The van der Waals surface area contributed by atoms with E-state index in [1.165, 1.54) is 0 Å². The van der Waals surface area contributed by atoms with Crippen molar-refractivity contribution >= 4 is 12.1 Å². The second kappa shape index (κ2) is 6.77. The number of amides is 1. The molecule has 1 N–H and O–H groups in total. The zero-order chi connectivity index (χ0) is 11.8. The number of piperidine rings is 1. The minimum atomic E-state index is -0.208. The molecule has 1 saturated heterocycles. The summed E-state index contributed by atoms with van der Waals surface area (Å²) in [5, 5.41) is 2.81. The van der Waals surface area contributed by atoms with Gasteiger partial charge in [0.25, 0.3) is 0 Å². The fourth-order valence-corrected chi connectivity index (χ4v) is 1.43. The van der Waals surface area contributed by atoms with Gasteiger partial charge in [0.15, 0.2) is 0 Å². The molecular formula is C13H18N2O. The molecule has 0 aromatic rings. The van der Waals surface area contributed by atoms with Gasteiger partial charge in [0, 0.05) is 12.8 Å². The fourth-order valence-electron chi connectivity index (χ4n) is 1.43. The van der Waals surface area contributed by atoms with Crippen molar-refractivity contribution in [1.29, 1.82) is 0 Å². The Morgan fingerprint density at radius 1 is 1.56 bits per heavy atom. The van der Waals surface area contributed by atoms with Gasteiger partial charge < -0.3 is 5.32 Å². The standard InChI is InChI=1S/C13H18N2O/c1-3-4-5-7-11(2)10-15-12-8-6-9-14-13(12)16/h3-5,7,10,12H,1,6,8-9H2,2H3,(H,14,16)/b5-4-,11-7+,15-10+.